The quantitative estimate of drug-likeness (QED) is 0.459. The van der Waals surface area contributed by atoms with Gasteiger partial charge in [0.2, 0.25) is 0 Å². The summed E-state index contributed by atoms with van der Waals surface area (Å²) in [6.07, 6.45) is 1.56. The molecule has 2 aromatic heterocycles. The minimum atomic E-state index is -1.59. The number of aliphatic hydroxyl groups is 1. The Morgan fingerprint density at radius 2 is 1.97 bits per heavy atom. The van der Waals surface area contributed by atoms with E-state index in [1.165, 1.54) is 30.1 Å². The summed E-state index contributed by atoms with van der Waals surface area (Å²) < 4.78 is 20.0. The van der Waals surface area contributed by atoms with E-state index >= 15 is 0 Å². The van der Waals surface area contributed by atoms with Gasteiger partial charge in [0.25, 0.3) is 11.8 Å². The summed E-state index contributed by atoms with van der Waals surface area (Å²) in [5.41, 5.74) is 1.97. The number of thiophene rings is 1. The first-order valence-electron chi connectivity index (χ1n) is 13.1. The summed E-state index contributed by atoms with van der Waals surface area (Å²) in [6.45, 7) is 7.44. The molecule has 39 heavy (non-hydrogen) atoms. The second kappa shape index (κ2) is 10.1. The van der Waals surface area contributed by atoms with E-state index in [1.54, 1.807) is 17.8 Å². The zero-order valence-corrected chi connectivity index (χ0v) is 22.7. The predicted molar refractivity (Wildman–Crippen MR) is 146 cm³/mol. The number of piperazine rings is 1. The molecular formula is C27H31FN6O4S. The van der Waals surface area contributed by atoms with Gasteiger partial charge >= 0.3 is 0 Å². The third kappa shape index (κ3) is 4.97. The van der Waals surface area contributed by atoms with Crippen molar-refractivity contribution in [1.29, 1.82) is 0 Å². The molecule has 2 fully saturated rings. The summed E-state index contributed by atoms with van der Waals surface area (Å²) in [7, 11) is 0. The lowest BCUT2D eigenvalue weighted by Crippen LogP contribution is -2.56. The largest absolute Gasteiger partial charge is 0.387 e. The zero-order chi connectivity index (χ0) is 27.3. The zero-order valence-electron chi connectivity index (χ0n) is 21.9. The van der Waals surface area contributed by atoms with E-state index in [4.69, 9.17) is 4.74 Å². The van der Waals surface area contributed by atoms with E-state index in [1.807, 2.05) is 12.1 Å². The van der Waals surface area contributed by atoms with E-state index in [9.17, 15) is 19.1 Å². The van der Waals surface area contributed by atoms with Crippen LogP contribution in [-0.2, 0) is 11.3 Å². The molecule has 206 valence electrons. The lowest BCUT2D eigenvalue weighted by Gasteiger charge is -2.43. The third-order valence-corrected chi connectivity index (χ3v) is 8.62. The van der Waals surface area contributed by atoms with Crippen LogP contribution in [0.15, 0.2) is 29.9 Å². The highest BCUT2D eigenvalue weighted by Gasteiger charge is 2.36. The number of alkyl halides is 1. The van der Waals surface area contributed by atoms with Crippen LogP contribution in [0.4, 0.5) is 15.8 Å². The Labute approximate surface area is 229 Å². The molecule has 5 heterocycles. The van der Waals surface area contributed by atoms with Crippen LogP contribution in [0.25, 0.3) is 10.3 Å². The van der Waals surface area contributed by atoms with Gasteiger partial charge < -0.3 is 25.0 Å². The molecule has 1 aromatic carbocycles. The number of benzene rings is 1. The van der Waals surface area contributed by atoms with Crippen molar-refractivity contribution in [3.63, 3.8) is 0 Å². The molecule has 0 aliphatic carbocycles. The highest BCUT2D eigenvalue weighted by Crippen LogP contribution is 2.36. The molecular weight excluding hydrogens is 523 g/mol. The SMILES string of the molecule is CC(C)(O)C(F)CN1Cc2cc(NC(=O)c3csc4nccnc34)c(N3CCN(C4COC4)CC3)cc2C1=O. The van der Waals surface area contributed by atoms with Gasteiger partial charge in [0.1, 0.15) is 16.5 Å². The molecule has 1 atom stereocenters. The topological polar surface area (TPSA) is 111 Å². The standard InChI is InChI=1S/C27H31FN6O4S/c1-27(2,37)22(28)12-34-11-16-9-20(31-24(35)19-15-39-25-23(19)29-3-4-30-25)21(10-18(16)26(34)36)33-7-5-32(6-8-33)17-13-38-14-17/h3-4,9-10,15,17,22,37H,5-8,11-14H2,1-2H3,(H,31,35). The number of carbonyl (C=O) groups excluding carboxylic acids is 2. The first kappa shape index (κ1) is 26.1. The molecule has 3 aliphatic rings. The van der Waals surface area contributed by atoms with Gasteiger partial charge in [-0.15, -0.1) is 11.3 Å². The van der Waals surface area contributed by atoms with Crippen LogP contribution in [0.2, 0.25) is 0 Å². The fourth-order valence-electron chi connectivity index (χ4n) is 5.22. The Kier molecular flexibility index (Phi) is 6.74. The van der Waals surface area contributed by atoms with E-state index in [-0.39, 0.29) is 24.9 Å². The first-order chi connectivity index (χ1) is 18.7. The number of ether oxygens (including phenoxy) is 1. The summed E-state index contributed by atoms with van der Waals surface area (Å²) in [4.78, 5) is 42.0. The number of anilines is 2. The van der Waals surface area contributed by atoms with Gasteiger partial charge in [-0.3, -0.25) is 19.5 Å². The van der Waals surface area contributed by atoms with E-state index < -0.39 is 11.8 Å². The van der Waals surface area contributed by atoms with Crippen LogP contribution in [0, 0.1) is 0 Å². The molecule has 10 nitrogen and oxygen atoms in total. The maximum absolute atomic E-state index is 14.7. The Morgan fingerprint density at radius 1 is 1.23 bits per heavy atom. The average molecular weight is 555 g/mol. The molecule has 3 aromatic rings. The van der Waals surface area contributed by atoms with Crippen molar-refractivity contribution in [3.05, 3.63) is 46.6 Å². The van der Waals surface area contributed by atoms with Crippen LogP contribution >= 0.6 is 11.3 Å². The van der Waals surface area contributed by atoms with Crippen molar-refractivity contribution in [2.24, 2.45) is 0 Å². The minimum Gasteiger partial charge on any atom is -0.387 e. The van der Waals surface area contributed by atoms with Gasteiger partial charge in [-0.25, -0.2) is 9.37 Å². The third-order valence-electron chi connectivity index (χ3n) is 7.74. The van der Waals surface area contributed by atoms with Crippen molar-refractivity contribution in [1.82, 2.24) is 19.8 Å². The molecule has 2 N–H and O–H groups in total. The molecule has 2 amide bonds. The Morgan fingerprint density at radius 3 is 2.67 bits per heavy atom. The summed E-state index contributed by atoms with van der Waals surface area (Å²) in [6, 6.07) is 4.08. The van der Waals surface area contributed by atoms with Gasteiger partial charge in [-0.2, -0.15) is 0 Å². The molecule has 2 saturated heterocycles. The van der Waals surface area contributed by atoms with Crippen LogP contribution in [0.1, 0.15) is 40.1 Å². The van der Waals surface area contributed by atoms with E-state index in [0.29, 0.717) is 38.8 Å². The second-order valence-electron chi connectivity index (χ2n) is 10.9. The number of carbonyl (C=O) groups is 2. The number of aromatic nitrogens is 2. The lowest BCUT2D eigenvalue weighted by atomic mass is 10.0. The molecule has 0 bridgehead atoms. The number of nitrogens with zero attached hydrogens (tertiary/aromatic N) is 5. The van der Waals surface area contributed by atoms with Gasteiger partial charge in [0, 0.05) is 56.1 Å². The van der Waals surface area contributed by atoms with E-state index in [0.717, 1.165) is 45.1 Å². The summed E-state index contributed by atoms with van der Waals surface area (Å²) in [5, 5.41) is 14.9. The maximum Gasteiger partial charge on any atom is 0.258 e. The Bertz CT molecular complexity index is 1410. The van der Waals surface area contributed by atoms with E-state index in [2.05, 4.69) is 25.1 Å². The maximum atomic E-state index is 14.7. The number of amides is 2. The van der Waals surface area contributed by atoms with Crippen LogP contribution < -0.4 is 10.2 Å². The molecule has 0 saturated carbocycles. The molecule has 6 rings (SSSR count). The normalized spacial score (nSPS) is 19.3. The van der Waals surface area contributed by atoms with Crippen molar-refractivity contribution in [2.45, 2.75) is 38.2 Å². The number of nitrogens with one attached hydrogen (secondary N) is 1. The molecule has 0 spiro atoms. The van der Waals surface area contributed by atoms with Gasteiger partial charge in [0.15, 0.2) is 0 Å². The van der Waals surface area contributed by atoms with Gasteiger partial charge in [-0.1, -0.05) is 0 Å². The number of hydrogen-bond donors (Lipinski definition) is 2. The van der Waals surface area contributed by atoms with Crippen LogP contribution in [-0.4, -0.2) is 100 Å². The van der Waals surface area contributed by atoms with Crippen molar-refractivity contribution < 1.29 is 23.8 Å². The fourth-order valence-corrected chi connectivity index (χ4v) is 6.06. The number of halogens is 1. The second-order valence-corrected chi connectivity index (χ2v) is 11.7. The lowest BCUT2D eigenvalue weighted by molar-refractivity contribution is -0.0660. The number of hydrogen-bond acceptors (Lipinski definition) is 9. The molecule has 0 radical (unpaired) electrons. The first-order valence-corrected chi connectivity index (χ1v) is 14.0. The molecule has 12 heteroatoms. The van der Waals surface area contributed by atoms with Crippen molar-refractivity contribution in [3.8, 4) is 0 Å². The summed E-state index contributed by atoms with van der Waals surface area (Å²) >= 11 is 1.36. The van der Waals surface area contributed by atoms with Crippen molar-refractivity contribution in [2.75, 3.05) is 56.2 Å². The fraction of sp³-hybridized carbons (Fsp3) is 0.481. The number of rotatable bonds is 7. The minimum absolute atomic E-state index is 0.204. The highest BCUT2D eigenvalue weighted by atomic mass is 32.1. The molecule has 1 unspecified atom stereocenters. The predicted octanol–water partition coefficient (Wildman–Crippen LogP) is 2.53. The number of fused-ring (bicyclic) bond motifs is 2. The van der Waals surface area contributed by atoms with Gasteiger partial charge in [-0.05, 0) is 31.5 Å². The van der Waals surface area contributed by atoms with Crippen molar-refractivity contribution >= 4 is 44.9 Å². The Balaban J connectivity index is 1.30. The highest BCUT2D eigenvalue weighted by molar-refractivity contribution is 7.17. The average Bonchev–Trinajstić information content (AvgIpc) is 3.43. The van der Waals surface area contributed by atoms with Crippen LogP contribution in [0.3, 0.4) is 0 Å². The molecule has 3 aliphatic heterocycles. The monoisotopic (exact) mass is 554 g/mol. The Hall–Kier alpha value is -3.19. The summed E-state index contributed by atoms with van der Waals surface area (Å²) in [5.74, 6) is -0.583. The smallest absolute Gasteiger partial charge is 0.258 e. The van der Waals surface area contributed by atoms with Gasteiger partial charge in [0.05, 0.1) is 48.3 Å². The van der Waals surface area contributed by atoms with Crippen LogP contribution in [0.5, 0.6) is 0 Å².